The molecule has 0 radical (unpaired) electrons. The standard InChI is InChI=1S/C19H31N3O3/c1-4-19(5-2,14-23)13-21-18(20-6-3)22-15-8-9-16-17(12-15)25-11-7-10-24-16/h8-9,12,23H,4-7,10-11,13-14H2,1-3H3,(H2,20,21,22). The molecule has 1 heterocycles. The van der Waals surface area contributed by atoms with E-state index in [9.17, 15) is 5.11 Å². The molecule has 0 unspecified atom stereocenters. The van der Waals surface area contributed by atoms with Crippen LogP contribution in [0.4, 0.5) is 5.69 Å². The number of hydrogen-bond donors (Lipinski definition) is 3. The zero-order chi connectivity index (χ0) is 18.1. The number of nitrogens with zero attached hydrogens (tertiary/aromatic N) is 1. The van der Waals surface area contributed by atoms with Crippen molar-refractivity contribution in [3.05, 3.63) is 18.2 Å². The molecule has 25 heavy (non-hydrogen) atoms. The van der Waals surface area contributed by atoms with E-state index in [4.69, 9.17) is 9.47 Å². The maximum Gasteiger partial charge on any atom is 0.195 e. The summed E-state index contributed by atoms with van der Waals surface area (Å²) in [4.78, 5) is 4.69. The SMILES string of the molecule is CCNC(=NCC(CC)(CC)CO)Nc1ccc2c(c1)OCCCO2. The van der Waals surface area contributed by atoms with Crippen molar-refractivity contribution < 1.29 is 14.6 Å². The van der Waals surface area contributed by atoms with E-state index in [1.807, 2.05) is 25.1 Å². The van der Waals surface area contributed by atoms with Gasteiger partial charge in [-0.1, -0.05) is 13.8 Å². The highest BCUT2D eigenvalue weighted by molar-refractivity contribution is 5.93. The fourth-order valence-electron chi connectivity index (χ4n) is 2.68. The van der Waals surface area contributed by atoms with Gasteiger partial charge in [0.25, 0.3) is 0 Å². The second kappa shape index (κ2) is 9.51. The van der Waals surface area contributed by atoms with Crippen molar-refractivity contribution in [2.45, 2.75) is 40.0 Å². The minimum absolute atomic E-state index is 0.146. The lowest BCUT2D eigenvalue weighted by atomic mass is 9.83. The van der Waals surface area contributed by atoms with E-state index in [1.54, 1.807) is 0 Å². The third-order valence-electron chi connectivity index (χ3n) is 4.76. The van der Waals surface area contributed by atoms with Crippen LogP contribution < -0.4 is 20.1 Å². The summed E-state index contributed by atoms with van der Waals surface area (Å²) >= 11 is 0. The van der Waals surface area contributed by atoms with E-state index in [0.717, 1.165) is 43.0 Å². The van der Waals surface area contributed by atoms with E-state index in [0.29, 0.717) is 25.7 Å². The van der Waals surface area contributed by atoms with Crippen LogP contribution in [0.3, 0.4) is 0 Å². The molecule has 3 N–H and O–H groups in total. The number of aliphatic hydroxyl groups is 1. The Morgan fingerprint density at radius 2 is 1.88 bits per heavy atom. The van der Waals surface area contributed by atoms with E-state index in [1.165, 1.54) is 0 Å². The van der Waals surface area contributed by atoms with E-state index in [2.05, 4.69) is 29.5 Å². The number of rotatable bonds is 7. The van der Waals surface area contributed by atoms with E-state index < -0.39 is 0 Å². The van der Waals surface area contributed by atoms with Gasteiger partial charge in [0.15, 0.2) is 17.5 Å². The minimum Gasteiger partial charge on any atom is -0.490 e. The van der Waals surface area contributed by atoms with Gasteiger partial charge in [-0.15, -0.1) is 0 Å². The van der Waals surface area contributed by atoms with Gasteiger partial charge >= 0.3 is 0 Å². The minimum atomic E-state index is -0.160. The Morgan fingerprint density at radius 1 is 1.16 bits per heavy atom. The summed E-state index contributed by atoms with van der Waals surface area (Å²) in [6, 6.07) is 5.81. The van der Waals surface area contributed by atoms with Gasteiger partial charge in [-0.05, 0) is 31.9 Å². The molecule has 0 aromatic heterocycles. The number of nitrogens with one attached hydrogen (secondary N) is 2. The molecule has 0 fully saturated rings. The Kier molecular flexibility index (Phi) is 7.37. The van der Waals surface area contributed by atoms with Crippen LogP contribution in [0.15, 0.2) is 23.2 Å². The third kappa shape index (κ3) is 5.26. The Morgan fingerprint density at radius 3 is 2.52 bits per heavy atom. The summed E-state index contributed by atoms with van der Waals surface area (Å²) in [5.74, 6) is 2.24. The van der Waals surface area contributed by atoms with Gasteiger partial charge in [0.2, 0.25) is 0 Å². The van der Waals surface area contributed by atoms with Crippen molar-refractivity contribution in [3.8, 4) is 11.5 Å². The Bertz CT molecular complexity index is 563. The molecule has 1 aromatic carbocycles. The molecule has 0 bridgehead atoms. The molecular weight excluding hydrogens is 318 g/mol. The average Bonchev–Trinajstić information content (AvgIpc) is 2.88. The first-order valence-electron chi connectivity index (χ1n) is 9.22. The largest absolute Gasteiger partial charge is 0.490 e. The van der Waals surface area contributed by atoms with Gasteiger partial charge in [-0.2, -0.15) is 0 Å². The highest BCUT2D eigenvalue weighted by Crippen LogP contribution is 2.32. The Balaban J connectivity index is 2.13. The molecule has 1 aromatic rings. The summed E-state index contributed by atoms with van der Waals surface area (Å²) in [5.41, 5.74) is 0.735. The molecule has 140 valence electrons. The molecule has 0 saturated heterocycles. The number of aliphatic hydroxyl groups excluding tert-OH is 1. The first-order chi connectivity index (χ1) is 12.2. The molecule has 1 aliphatic heterocycles. The molecule has 0 aliphatic carbocycles. The van der Waals surface area contributed by atoms with Crippen LogP contribution in [0, 0.1) is 5.41 Å². The lowest BCUT2D eigenvalue weighted by Crippen LogP contribution is -2.34. The Hall–Kier alpha value is -1.95. The smallest absolute Gasteiger partial charge is 0.195 e. The molecule has 6 heteroatoms. The molecule has 1 aliphatic rings. The van der Waals surface area contributed by atoms with Gasteiger partial charge in [0.1, 0.15) is 0 Å². The van der Waals surface area contributed by atoms with E-state index in [-0.39, 0.29) is 12.0 Å². The van der Waals surface area contributed by atoms with Crippen LogP contribution >= 0.6 is 0 Å². The van der Waals surface area contributed by atoms with Crippen molar-refractivity contribution in [2.24, 2.45) is 10.4 Å². The summed E-state index contributed by atoms with van der Waals surface area (Å²) in [5, 5.41) is 16.3. The molecule has 0 amide bonds. The van der Waals surface area contributed by atoms with Gasteiger partial charge in [-0.25, -0.2) is 0 Å². The van der Waals surface area contributed by atoms with Crippen LogP contribution in [0.2, 0.25) is 0 Å². The quantitative estimate of drug-likeness (QED) is 0.521. The van der Waals surface area contributed by atoms with Crippen LogP contribution in [0.1, 0.15) is 40.0 Å². The predicted octanol–water partition coefficient (Wildman–Crippen LogP) is 3.02. The first kappa shape index (κ1) is 19.4. The highest BCUT2D eigenvalue weighted by Gasteiger charge is 2.25. The van der Waals surface area contributed by atoms with Crippen LogP contribution in [-0.4, -0.2) is 44.0 Å². The second-order valence-electron chi connectivity index (χ2n) is 6.40. The maximum atomic E-state index is 9.73. The van der Waals surface area contributed by atoms with Crippen LogP contribution in [0.25, 0.3) is 0 Å². The average molecular weight is 349 g/mol. The lowest BCUT2D eigenvalue weighted by Gasteiger charge is -2.27. The molecule has 2 rings (SSSR count). The normalized spacial score (nSPS) is 14.8. The number of fused-ring (bicyclic) bond motifs is 1. The summed E-state index contributed by atoms with van der Waals surface area (Å²) in [6.45, 7) is 9.06. The fourth-order valence-corrected chi connectivity index (χ4v) is 2.68. The monoisotopic (exact) mass is 349 g/mol. The number of aliphatic imine (C=N–C) groups is 1. The van der Waals surface area contributed by atoms with Gasteiger partial charge in [-0.3, -0.25) is 4.99 Å². The lowest BCUT2D eigenvalue weighted by molar-refractivity contribution is 0.123. The topological polar surface area (TPSA) is 75.1 Å². The summed E-state index contributed by atoms with van der Waals surface area (Å²) in [7, 11) is 0. The van der Waals surface area contributed by atoms with E-state index >= 15 is 0 Å². The maximum absolute atomic E-state index is 9.73. The molecule has 0 spiro atoms. The summed E-state index contributed by atoms with van der Waals surface area (Å²) in [6.07, 6.45) is 2.68. The first-order valence-corrected chi connectivity index (χ1v) is 9.22. The second-order valence-corrected chi connectivity index (χ2v) is 6.40. The van der Waals surface area contributed by atoms with Crippen molar-refractivity contribution in [2.75, 3.05) is 38.2 Å². The third-order valence-corrected chi connectivity index (χ3v) is 4.76. The zero-order valence-electron chi connectivity index (χ0n) is 15.6. The fraction of sp³-hybridized carbons (Fsp3) is 0.632. The number of ether oxygens (including phenoxy) is 2. The highest BCUT2D eigenvalue weighted by atomic mass is 16.5. The van der Waals surface area contributed by atoms with Crippen molar-refractivity contribution >= 4 is 11.6 Å². The zero-order valence-corrected chi connectivity index (χ0v) is 15.6. The van der Waals surface area contributed by atoms with Crippen molar-refractivity contribution in [1.82, 2.24) is 5.32 Å². The molecule has 6 nitrogen and oxygen atoms in total. The van der Waals surface area contributed by atoms with Crippen molar-refractivity contribution in [3.63, 3.8) is 0 Å². The summed E-state index contributed by atoms with van der Waals surface area (Å²) < 4.78 is 11.4. The molecule has 0 atom stereocenters. The van der Waals surface area contributed by atoms with Crippen LogP contribution in [-0.2, 0) is 0 Å². The molecule has 0 saturated carbocycles. The predicted molar refractivity (Wildman–Crippen MR) is 102 cm³/mol. The number of benzene rings is 1. The number of hydrogen-bond acceptors (Lipinski definition) is 4. The Labute approximate surface area is 150 Å². The number of guanidine groups is 1. The van der Waals surface area contributed by atoms with Gasteiger partial charge < -0.3 is 25.2 Å². The van der Waals surface area contributed by atoms with Gasteiger partial charge in [0, 0.05) is 30.1 Å². The molecular formula is C19H31N3O3. The van der Waals surface area contributed by atoms with Crippen molar-refractivity contribution in [1.29, 1.82) is 0 Å². The van der Waals surface area contributed by atoms with Crippen LogP contribution in [0.5, 0.6) is 11.5 Å². The number of anilines is 1. The van der Waals surface area contributed by atoms with Gasteiger partial charge in [0.05, 0.1) is 26.4 Å².